The smallest absolute Gasteiger partial charge is 0.239 e. The zero-order valence-corrected chi connectivity index (χ0v) is 15.5. The summed E-state index contributed by atoms with van der Waals surface area (Å²) in [6.45, 7) is 6.66. The van der Waals surface area contributed by atoms with Gasteiger partial charge in [-0.25, -0.2) is 0 Å². The van der Waals surface area contributed by atoms with Crippen LogP contribution in [0.2, 0.25) is 0 Å². The molecule has 6 nitrogen and oxygen atoms in total. The van der Waals surface area contributed by atoms with Crippen molar-refractivity contribution in [1.82, 2.24) is 9.47 Å². The molecule has 0 radical (unpaired) electrons. The average molecular weight is 354 g/mol. The third kappa shape index (κ3) is 4.00. The van der Waals surface area contributed by atoms with E-state index in [4.69, 9.17) is 4.42 Å². The summed E-state index contributed by atoms with van der Waals surface area (Å²) < 4.78 is 7.40. The van der Waals surface area contributed by atoms with Crippen molar-refractivity contribution in [3.8, 4) is 6.07 Å². The van der Waals surface area contributed by atoms with Gasteiger partial charge in [0.15, 0.2) is 0 Å². The lowest BCUT2D eigenvalue weighted by Gasteiger charge is -2.19. The van der Waals surface area contributed by atoms with Crippen molar-refractivity contribution < 1.29 is 9.21 Å². The number of hydrogen-bond acceptors (Lipinski definition) is 4. The van der Waals surface area contributed by atoms with Crippen molar-refractivity contribution in [2.75, 3.05) is 25.0 Å². The number of hydrogen-bond donors (Lipinski definition) is 1. The third-order valence-electron chi connectivity index (χ3n) is 5.16. The first-order valence-electron chi connectivity index (χ1n) is 9.24. The van der Waals surface area contributed by atoms with Gasteiger partial charge in [0.25, 0.3) is 0 Å². The van der Waals surface area contributed by atoms with E-state index in [1.54, 1.807) is 6.26 Å². The largest absolute Gasteiger partial charge is 0.467 e. The third-order valence-corrected chi connectivity index (χ3v) is 5.16. The first-order chi connectivity index (χ1) is 12.6. The topological polar surface area (TPSA) is 74.2 Å². The van der Waals surface area contributed by atoms with Crippen molar-refractivity contribution >= 4 is 11.7 Å². The van der Waals surface area contributed by atoms with Gasteiger partial charge in [0, 0.05) is 5.69 Å². The van der Waals surface area contributed by atoms with Gasteiger partial charge in [-0.15, -0.1) is 0 Å². The first-order valence-corrected chi connectivity index (χ1v) is 9.24. The SMILES string of the molecule is Cc1c(C#N)c(NC(=O)CN2CCCCCC2)n(Cc2ccco2)c1C. The quantitative estimate of drug-likeness (QED) is 0.893. The summed E-state index contributed by atoms with van der Waals surface area (Å²) in [6, 6.07) is 5.97. The maximum absolute atomic E-state index is 12.6. The minimum atomic E-state index is -0.0680. The van der Waals surface area contributed by atoms with Crippen LogP contribution in [0.4, 0.5) is 5.82 Å². The molecule has 2 aromatic heterocycles. The minimum Gasteiger partial charge on any atom is -0.467 e. The van der Waals surface area contributed by atoms with E-state index in [1.165, 1.54) is 12.8 Å². The molecule has 1 saturated heterocycles. The first kappa shape index (κ1) is 18.3. The molecule has 0 atom stereocenters. The highest BCUT2D eigenvalue weighted by Gasteiger charge is 2.21. The van der Waals surface area contributed by atoms with Crippen LogP contribution in [0.15, 0.2) is 22.8 Å². The van der Waals surface area contributed by atoms with Gasteiger partial charge in [-0.1, -0.05) is 12.8 Å². The maximum Gasteiger partial charge on any atom is 0.239 e. The van der Waals surface area contributed by atoms with Gasteiger partial charge in [-0.05, 0) is 57.5 Å². The van der Waals surface area contributed by atoms with Crippen LogP contribution in [-0.4, -0.2) is 35.0 Å². The summed E-state index contributed by atoms with van der Waals surface area (Å²) in [7, 11) is 0. The summed E-state index contributed by atoms with van der Waals surface area (Å²) in [5, 5.41) is 12.6. The fraction of sp³-hybridized carbons (Fsp3) is 0.500. The second-order valence-corrected chi connectivity index (χ2v) is 6.95. The monoisotopic (exact) mass is 354 g/mol. The maximum atomic E-state index is 12.6. The van der Waals surface area contributed by atoms with E-state index in [0.29, 0.717) is 24.5 Å². The molecule has 0 bridgehead atoms. The highest BCUT2D eigenvalue weighted by molar-refractivity contribution is 5.93. The van der Waals surface area contributed by atoms with Gasteiger partial charge >= 0.3 is 0 Å². The number of aromatic nitrogens is 1. The van der Waals surface area contributed by atoms with Gasteiger partial charge in [-0.2, -0.15) is 5.26 Å². The van der Waals surface area contributed by atoms with Crippen LogP contribution in [0, 0.1) is 25.2 Å². The van der Waals surface area contributed by atoms with Gasteiger partial charge in [0.1, 0.15) is 17.6 Å². The molecule has 3 heterocycles. The fourth-order valence-electron chi connectivity index (χ4n) is 3.56. The van der Waals surface area contributed by atoms with E-state index in [1.807, 2.05) is 30.5 Å². The Kier molecular flexibility index (Phi) is 5.79. The molecular formula is C20H26N4O2. The Balaban J connectivity index is 1.80. The number of carbonyl (C=O) groups is 1. The van der Waals surface area contributed by atoms with E-state index < -0.39 is 0 Å². The predicted octanol–water partition coefficient (Wildman–Crippen LogP) is 3.43. The summed E-state index contributed by atoms with van der Waals surface area (Å²) in [6.07, 6.45) is 6.39. The van der Waals surface area contributed by atoms with Crippen molar-refractivity contribution in [3.63, 3.8) is 0 Å². The molecule has 1 amide bonds. The molecule has 3 rings (SSSR count). The molecule has 26 heavy (non-hydrogen) atoms. The Morgan fingerprint density at radius 3 is 2.62 bits per heavy atom. The van der Waals surface area contributed by atoms with Crippen LogP contribution >= 0.6 is 0 Å². The molecule has 138 valence electrons. The van der Waals surface area contributed by atoms with Gasteiger partial charge in [-0.3, -0.25) is 9.69 Å². The Bertz CT molecular complexity index is 791. The van der Waals surface area contributed by atoms with E-state index >= 15 is 0 Å². The molecule has 2 aromatic rings. The molecule has 1 aliphatic rings. The van der Waals surface area contributed by atoms with Crippen LogP contribution in [0.1, 0.15) is 48.3 Å². The average Bonchev–Trinajstić information content (AvgIpc) is 3.10. The standard InChI is InChI=1S/C20H26N4O2/c1-15-16(2)24(13-17-8-7-11-26-17)20(18(15)12-21)22-19(25)14-23-9-5-3-4-6-10-23/h7-8,11H,3-6,9-10,13-14H2,1-2H3,(H,22,25). The summed E-state index contributed by atoms with van der Waals surface area (Å²) in [4.78, 5) is 14.8. The Morgan fingerprint density at radius 2 is 2.00 bits per heavy atom. The second kappa shape index (κ2) is 8.24. The van der Waals surface area contributed by atoms with Crippen LogP contribution in [0.25, 0.3) is 0 Å². The van der Waals surface area contributed by atoms with Crippen LogP contribution in [0.5, 0.6) is 0 Å². The Hall–Kier alpha value is -2.52. The van der Waals surface area contributed by atoms with E-state index in [2.05, 4.69) is 16.3 Å². The van der Waals surface area contributed by atoms with Gasteiger partial charge < -0.3 is 14.3 Å². The molecule has 0 aliphatic carbocycles. The molecule has 1 fully saturated rings. The zero-order chi connectivity index (χ0) is 18.5. The van der Waals surface area contributed by atoms with Crippen LogP contribution < -0.4 is 5.32 Å². The fourth-order valence-corrected chi connectivity index (χ4v) is 3.56. The number of anilines is 1. The highest BCUT2D eigenvalue weighted by Crippen LogP contribution is 2.27. The molecule has 1 N–H and O–H groups in total. The number of amides is 1. The normalized spacial score (nSPS) is 15.4. The van der Waals surface area contributed by atoms with E-state index in [-0.39, 0.29) is 5.91 Å². The second-order valence-electron chi connectivity index (χ2n) is 6.95. The predicted molar refractivity (Wildman–Crippen MR) is 100.0 cm³/mol. The molecule has 1 aliphatic heterocycles. The number of nitrogens with zero attached hydrogens (tertiary/aromatic N) is 3. The summed E-state index contributed by atoms with van der Waals surface area (Å²) in [5.74, 6) is 1.29. The number of nitriles is 1. The Morgan fingerprint density at radius 1 is 1.27 bits per heavy atom. The molecule has 0 spiro atoms. The number of nitrogens with one attached hydrogen (secondary N) is 1. The van der Waals surface area contributed by atoms with Crippen molar-refractivity contribution in [1.29, 1.82) is 5.26 Å². The zero-order valence-electron chi connectivity index (χ0n) is 15.5. The van der Waals surface area contributed by atoms with Crippen molar-refractivity contribution in [2.45, 2.75) is 46.1 Å². The van der Waals surface area contributed by atoms with E-state index in [0.717, 1.165) is 42.9 Å². The number of rotatable bonds is 5. The number of carbonyl (C=O) groups excluding carboxylic acids is 1. The van der Waals surface area contributed by atoms with Crippen molar-refractivity contribution in [2.24, 2.45) is 0 Å². The van der Waals surface area contributed by atoms with E-state index in [9.17, 15) is 10.1 Å². The molecule has 0 saturated carbocycles. The summed E-state index contributed by atoms with van der Waals surface area (Å²) >= 11 is 0. The number of likely N-dealkylation sites (tertiary alicyclic amines) is 1. The van der Waals surface area contributed by atoms with Gasteiger partial charge in [0.2, 0.25) is 5.91 Å². The summed E-state index contributed by atoms with van der Waals surface area (Å²) in [5.41, 5.74) is 2.38. The lowest BCUT2D eigenvalue weighted by atomic mass is 10.2. The molecular weight excluding hydrogens is 328 g/mol. The molecule has 0 aromatic carbocycles. The molecule has 0 unspecified atom stereocenters. The number of furan rings is 1. The lowest BCUT2D eigenvalue weighted by Crippen LogP contribution is -2.34. The lowest BCUT2D eigenvalue weighted by molar-refractivity contribution is -0.117. The highest BCUT2D eigenvalue weighted by atomic mass is 16.3. The van der Waals surface area contributed by atoms with Crippen molar-refractivity contribution in [3.05, 3.63) is 41.0 Å². The van der Waals surface area contributed by atoms with Gasteiger partial charge in [0.05, 0.1) is 24.9 Å². The minimum absolute atomic E-state index is 0.0680. The molecule has 6 heteroatoms. The Labute approximate surface area is 154 Å². The van der Waals surface area contributed by atoms with Crippen LogP contribution in [0.3, 0.4) is 0 Å². The van der Waals surface area contributed by atoms with Crippen LogP contribution in [-0.2, 0) is 11.3 Å².